The Balaban J connectivity index is 2.16. The highest BCUT2D eigenvalue weighted by Crippen LogP contribution is 2.21. The lowest BCUT2D eigenvalue weighted by Gasteiger charge is -2.17. The van der Waals surface area contributed by atoms with Crippen molar-refractivity contribution in [2.24, 2.45) is 0 Å². The molecule has 1 amide bonds. The molecule has 0 radical (unpaired) electrons. The van der Waals surface area contributed by atoms with Gasteiger partial charge in [-0.3, -0.25) is 4.79 Å². The van der Waals surface area contributed by atoms with Crippen molar-refractivity contribution in [3.63, 3.8) is 0 Å². The Morgan fingerprint density at radius 3 is 2.29 bits per heavy atom. The Morgan fingerprint density at radius 2 is 1.71 bits per heavy atom. The van der Waals surface area contributed by atoms with Crippen LogP contribution in [0.2, 0.25) is 0 Å². The van der Waals surface area contributed by atoms with Crippen molar-refractivity contribution < 1.29 is 4.79 Å². The number of hydrogen-bond donors (Lipinski definition) is 1. The van der Waals surface area contributed by atoms with E-state index < -0.39 is 0 Å². The molecule has 0 saturated heterocycles. The Hall–Kier alpha value is -1.07. The summed E-state index contributed by atoms with van der Waals surface area (Å²) in [5.74, 6) is -0.0650. The third-order valence-corrected chi connectivity index (χ3v) is 4.28. The Labute approximate surface area is 142 Å². The maximum absolute atomic E-state index is 12.5. The number of carbonyl (C=O) groups excluding carboxylic acids is 1. The smallest absolute Gasteiger partial charge is 0.268 e. The van der Waals surface area contributed by atoms with E-state index in [0.717, 1.165) is 14.5 Å². The Kier molecular flexibility index (Phi) is 5.27. The van der Waals surface area contributed by atoms with Crippen molar-refractivity contribution in [3.05, 3.63) is 56.7 Å². The number of aromatic nitrogens is 1. The van der Waals surface area contributed by atoms with Crippen LogP contribution in [0.25, 0.3) is 0 Å². The Bertz CT molecular complexity index is 632. The third kappa shape index (κ3) is 3.98. The quantitative estimate of drug-likeness (QED) is 0.744. The fourth-order valence-corrected chi connectivity index (χ4v) is 2.86. The van der Waals surface area contributed by atoms with E-state index in [-0.39, 0.29) is 18.0 Å². The second kappa shape index (κ2) is 6.79. The third-order valence-electron chi connectivity index (χ3n) is 3.32. The van der Waals surface area contributed by atoms with Crippen LogP contribution in [0.15, 0.2) is 45.5 Å². The summed E-state index contributed by atoms with van der Waals surface area (Å²) in [6.07, 6.45) is 1.93. The minimum atomic E-state index is -0.0650. The van der Waals surface area contributed by atoms with Gasteiger partial charge in [-0.05, 0) is 60.5 Å². The van der Waals surface area contributed by atoms with E-state index >= 15 is 0 Å². The van der Waals surface area contributed by atoms with E-state index in [4.69, 9.17) is 0 Å². The minimum absolute atomic E-state index is 0.0418. The number of halogens is 2. The molecule has 1 unspecified atom stereocenters. The number of rotatable bonds is 4. The summed E-state index contributed by atoms with van der Waals surface area (Å²) in [5, 5.41) is 3.04. The van der Waals surface area contributed by atoms with Crippen molar-refractivity contribution in [2.75, 3.05) is 0 Å². The number of nitrogens with one attached hydrogen (secondary N) is 1. The SMILES string of the molecule is CC(NC(=O)c1cc(Br)cn1C(C)C)c1ccc(Br)cc1. The van der Waals surface area contributed by atoms with Crippen LogP contribution in [0.5, 0.6) is 0 Å². The van der Waals surface area contributed by atoms with Crippen LogP contribution in [-0.2, 0) is 0 Å². The monoisotopic (exact) mass is 412 g/mol. The number of amides is 1. The predicted octanol–water partition coefficient (Wildman–Crippen LogP) is 5.09. The predicted molar refractivity (Wildman–Crippen MR) is 92.5 cm³/mol. The first-order valence-electron chi connectivity index (χ1n) is 6.82. The summed E-state index contributed by atoms with van der Waals surface area (Å²) in [6, 6.07) is 10.0. The van der Waals surface area contributed by atoms with Gasteiger partial charge in [-0.25, -0.2) is 0 Å². The molecular weight excluding hydrogens is 396 g/mol. The van der Waals surface area contributed by atoms with Gasteiger partial charge >= 0.3 is 0 Å². The van der Waals surface area contributed by atoms with Crippen LogP contribution in [0.1, 0.15) is 48.9 Å². The van der Waals surface area contributed by atoms with E-state index in [9.17, 15) is 4.79 Å². The summed E-state index contributed by atoms with van der Waals surface area (Å²) in [7, 11) is 0. The minimum Gasteiger partial charge on any atom is -0.344 e. The molecule has 2 rings (SSSR count). The van der Waals surface area contributed by atoms with Gasteiger partial charge in [0.15, 0.2) is 0 Å². The molecule has 0 aliphatic carbocycles. The molecule has 2 aromatic rings. The maximum atomic E-state index is 12.5. The number of benzene rings is 1. The Morgan fingerprint density at radius 1 is 1.10 bits per heavy atom. The zero-order chi connectivity index (χ0) is 15.6. The number of hydrogen-bond acceptors (Lipinski definition) is 1. The van der Waals surface area contributed by atoms with Crippen molar-refractivity contribution >= 4 is 37.8 Å². The summed E-state index contributed by atoms with van der Waals surface area (Å²) in [5.41, 5.74) is 1.74. The zero-order valence-electron chi connectivity index (χ0n) is 12.2. The average Bonchev–Trinajstić information content (AvgIpc) is 2.82. The van der Waals surface area contributed by atoms with Crippen molar-refractivity contribution in [3.8, 4) is 0 Å². The first-order valence-corrected chi connectivity index (χ1v) is 8.40. The highest BCUT2D eigenvalue weighted by molar-refractivity contribution is 9.10. The summed E-state index contributed by atoms with van der Waals surface area (Å²) in [6.45, 7) is 6.10. The lowest BCUT2D eigenvalue weighted by Crippen LogP contribution is -2.28. The summed E-state index contributed by atoms with van der Waals surface area (Å²) < 4.78 is 3.91. The van der Waals surface area contributed by atoms with E-state index in [1.807, 2.05) is 48.0 Å². The molecule has 0 saturated carbocycles. The first-order chi connectivity index (χ1) is 9.88. The largest absolute Gasteiger partial charge is 0.344 e. The zero-order valence-corrected chi connectivity index (χ0v) is 15.4. The van der Waals surface area contributed by atoms with Gasteiger partial charge in [-0.2, -0.15) is 0 Å². The van der Waals surface area contributed by atoms with Crippen molar-refractivity contribution in [2.45, 2.75) is 32.9 Å². The lowest BCUT2D eigenvalue weighted by atomic mass is 10.1. The molecule has 3 nitrogen and oxygen atoms in total. The van der Waals surface area contributed by atoms with Crippen LogP contribution < -0.4 is 5.32 Å². The van der Waals surface area contributed by atoms with Gasteiger partial charge in [0.05, 0.1) is 6.04 Å². The molecule has 1 N–H and O–H groups in total. The standard InChI is InChI=1S/C16H18Br2N2O/c1-10(2)20-9-14(18)8-15(20)16(21)19-11(3)12-4-6-13(17)7-5-12/h4-11H,1-3H3,(H,19,21). The number of carbonyl (C=O) groups is 1. The van der Waals surface area contributed by atoms with Gasteiger partial charge in [0, 0.05) is 21.2 Å². The normalized spacial score (nSPS) is 12.5. The van der Waals surface area contributed by atoms with Gasteiger partial charge in [0.2, 0.25) is 0 Å². The molecule has 1 atom stereocenters. The van der Waals surface area contributed by atoms with Crippen LogP contribution in [0.4, 0.5) is 0 Å². The average molecular weight is 414 g/mol. The van der Waals surface area contributed by atoms with Crippen LogP contribution in [-0.4, -0.2) is 10.5 Å². The highest BCUT2D eigenvalue weighted by Gasteiger charge is 2.17. The van der Waals surface area contributed by atoms with Crippen LogP contribution >= 0.6 is 31.9 Å². The van der Waals surface area contributed by atoms with Crippen LogP contribution in [0.3, 0.4) is 0 Å². The molecule has 5 heteroatoms. The molecule has 0 fully saturated rings. The fraction of sp³-hybridized carbons (Fsp3) is 0.312. The van der Waals surface area contributed by atoms with Crippen LogP contribution in [0, 0.1) is 0 Å². The van der Waals surface area contributed by atoms with Gasteiger partial charge in [0.25, 0.3) is 5.91 Å². The molecular formula is C16H18Br2N2O. The molecule has 112 valence electrons. The molecule has 0 aliphatic rings. The summed E-state index contributed by atoms with van der Waals surface area (Å²) >= 11 is 6.85. The van der Waals surface area contributed by atoms with E-state index in [1.165, 1.54) is 0 Å². The molecule has 0 aliphatic heterocycles. The fourth-order valence-electron chi connectivity index (χ4n) is 2.16. The van der Waals surface area contributed by atoms with Gasteiger partial charge in [-0.15, -0.1) is 0 Å². The van der Waals surface area contributed by atoms with E-state index in [0.29, 0.717) is 5.69 Å². The molecule has 1 heterocycles. The highest BCUT2D eigenvalue weighted by atomic mass is 79.9. The van der Waals surface area contributed by atoms with Crippen molar-refractivity contribution in [1.82, 2.24) is 9.88 Å². The van der Waals surface area contributed by atoms with Crippen molar-refractivity contribution in [1.29, 1.82) is 0 Å². The van der Waals surface area contributed by atoms with E-state index in [2.05, 4.69) is 51.0 Å². The summed E-state index contributed by atoms with van der Waals surface area (Å²) in [4.78, 5) is 12.5. The second-order valence-electron chi connectivity index (χ2n) is 5.29. The topological polar surface area (TPSA) is 34.0 Å². The van der Waals surface area contributed by atoms with Gasteiger partial charge in [0.1, 0.15) is 5.69 Å². The first kappa shape index (κ1) is 16.3. The lowest BCUT2D eigenvalue weighted by molar-refractivity contribution is 0.0929. The molecule has 1 aromatic carbocycles. The van der Waals surface area contributed by atoms with E-state index in [1.54, 1.807) is 0 Å². The molecule has 1 aromatic heterocycles. The maximum Gasteiger partial charge on any atom is 0.268 e. The molecule has 0 bridgehead atoms. The molecule has 0 spiro atoms. The molecule has 21 heavy (non-hydrogen) atoms. The van der Waals surface area contributed by atoms with Gasteiger partial charge in [-0.1, -0.05) is 28.1 Å². The number of nitrogens with zero attached hydrogens (tertiary/aromatic N) is 1. The second-order valence-corrected chi connectivity index (χ2v) is 7.12. The van der Waals surface area contributed by atoms with Gasteiger partial charge < -0.3 is 9.88 Å².